The van der Waals surface area contributed by atoms with Crippen LogP contribution in [0.1, 0.15) is 6.92 Å². The molecule has 0 N–H and O–H groups in total. The van der Waals surface area contributed by atoms with Gasteiger partial charge in [-0.1, -0.05) is 5.11 Å². The van der Waals surface area contributed by atoms with Gasteiger partial charge in [-0.2, -0.15) is 0 Å². The molecule has 0 aliphatic rings. The molecule has 0 heterocycles. The number of hydrogen-bond acceptors (Lipinski definition) is 4. The van der Waals surface area contributed by atoms with Crippen LogP contribution in [0.4, 0.5) is 0 Å². The van der Waals surface area contributed by atoms with Gasteiger partial charge in [0.1, 0.15) is 0 Å². The Labute approximate surface area is 90.8 Å². The molecule has 1 unspecified atom stereocenters. The van der Waals surface area contributed by atoms with Crippen LogP contribution in [0.25, 0.3) is 10.4 Å². The van der Waals surface area contributed by atoms with Crippen LogP contribution in [0.3, 0.4) is 0 Å². The van der Waals surface area contributed by atoms with Gasteiger partial charge in [-0.3, -0.25) is 4.90 Å². The summed E-state index contributed by atoms with van der Waals surface area (Å²) < 4.78 is 10.1. The maximum atomic E-state index is 8.19. The number of ether oxygens (including phenoxy) is 2. The predicted molar refractivity (Wildman–Crippen MR) is 58.8 cm³/mol. The van der Waals surface area contributed by atoms with Gasteiger partial charge in [0.2, 0.25) is 0 Å². The summed E-state index contributed by atoms with van der Waals surface area (Å²) in [6.45, 7) is 5.45. The van der Waals surface area contributed by atoms with Gasteiger partial charge >= 0.3 is 0 Å². The Kier molecular flexibility index (Phi) is 9.21. The van der Waals surface area contributed by atoms with Crippen LogP contribution in [-0.2, 0) is 9.47 Å². The summed E-state index contributed by atoms with van der Waals surface area (Å²) in [5.41, 5.74) is 8.19. The Bertz CT molecular complexity index is 195. The zero-order valence-corrected chi connectivity index (χ0v) is 9.72. The largest absolute Gasteiger partial charge is 0.383 e. The number of methoxy groups -OCH3 is 2. The van der Waals surface area contributed by atoms with Gasteiger partial charge in [-0.15, -0.1) is 0 Å². The summed E-state index contributed by atoms with van der Waals surface area (Å²) in [6.07, 6.45) is 0. The fourth-order valence-electron chi connectivity index (χ4n) is 1.33. The first-order chi connectivity index (χ1) is 7.26. The Morgan fingerprint density at radius 1 is 1.33 bits per heavy atom. The second kappa shape index (κ2) is 9.73. The quantitative estimate of drug-likeness (QED) is 0.331. The Morgan fingerprint density at radius 3 is 2.60 bits per heavy atom. The van der Waals surface area contributed by atoms with Crippen LogP contribution >= 0.6 is 0 Å². The van der Waals surface area contributed by atoms with Gasteiger partial charge in [-0.25, -0.2) is 0 Å². The lowest BCUT2D eigenvalue weighted by atomic mass is 10.3. The van der Waals surface area contributed by atoms with E-state index in [1.807, 2.05) is 0 Å². The van der Waals surface area contributed by atoms with E-state index < -0.39 is 0 Å². The highest BCUT2D eigenvalue weighted by molar-refractivity contribution is 4.67. The second-order valence-corrected chi connectivity index (χ2v) is 3.29. The van der Waals surface area contributed by atoms with Crippen molar-refractivity contribution in [3.05, 3.63) is 10.4 Å². The average Bonchev–Trinajstić information content (AvgIpc) is 2.23. The van der Waals surface area contributed by atoms with Crippen molar-refractivity contribution in [2.24, 2.45) is 5.11 Å². The normalized spacial score (nSPS) is 12.5. The highest BCUT2D eigenvalue weighted by Crippen LogP contribution is 1.99. The number of hydrogen-bond donors (Lipinski definition) is 0. The lowest BCUT2D eigenvalue weighted by Gasteiger charge is -2.27. The molecular weight excluding hydrogens is 196 g/mol. The molecule has 0 radical (unpaired) electrons. The summed E-state index contributed by atoms with van der Waals surface area (Å²) in [5, 5.41) is 3.52. The van der Waals surface area contributed by atoms with Gasteiger partial charge in [0.05, 0.1) is 13.2 Å². The van der Waals surface area contributed by atoms with E-state index in [-0.39, 0.29) is 0 Å². The minimum Gasteiger partial charge on any atom is -0.383 e. The Morgan fingerprint density at radius 2 is 2.07 bits per heavy atom. The summed E-state index contributed by atoms with van der Waals surface area (Å²) in [4.78, 5) is 4.91. The van der Waals surface area contributed by atoms with E-state index in [0.717, 1.165) is 13.1 Å². The molecule has 0 rings (SSSR count). The summed E-state index contributed by atoms with van der Waals surface area (Å²) in [5.74, 6) is 0. The first-order valence-electron chi connectivity index (χ1n) is 4.99. The van der Waals surface area contributed by atoms with Crippen LogP contribution in [0.5, 0.6) is 0 Å². The first-order valence-corrected chi connectivity index (χ1v) is 4.99. The van der Waals surface area contributed by atoms with Crippen molar-refractivity contribution in [1.82, 2.24) is 4.90 Å². The highest BCUT2D eigenvalue weighted by Gasteiger charge is 2.12. The van der Waals surface area contributed by atoms with E-state index in [4.69, 9.17) is 15.0 Å². The third-order valence-corrected chi connectivity index (χ3v) is 2.16. The van der Waals surface area contributed by atoms with E-state index in [2.05, 4.69) is 21.8 Å². The van der Waals surface area contributed by atoms with E-state index in [9.17, 15) is 0 Å². The van der Waals surface area contributed by atoms with Crippen LogP contribution < -0.4 is 0 Å². The van der Waals surface area contributed by atoms with Crippen LogP contribution in [0.2, 0.25) is 0 Å². The topological polar surface area (TPSA) is 70.5 Å². The molecule has 0 saturated carbocycles. The van der Waals surface area contributed by atoms with Gasteiger partial charge in [0, 0.05) is 44.8 Å². The Hall–Kier alpha value is -0.810. The molecule has 0 spiro atoms. The average molecular weight is 216 g/mol. The number of rotatable bonds is 9. The summed E-state index contributed by atoms with van der Waals surface area (Å²) in [6, 6.07) is 0.305. The maximum Gasteiger partial charge on any atom is 0.0615 e. The smallest absolute Gasteiger partial charge is 0.0615 e. The van der Waals surface area contributed by atoms with Gasteiger partial charge in [0.15, 0.2) is 0 Å². The lowest BCUT2D eigenvalue weighted by Crippen LogP contribution is -2.40. The number of azide groups is 1. The SMILES string of the molecule is COCCN(CCN=[N+]=[N-])C(C)COC. The van der Waals surface area contributed by atoms with Crippen molar-refractivity contribution >= 4 is 0 Å². The van der Waals surface area contributed by atoms with Gasteiger partial charge in [0.25, 0.3) is 0 Å². The monoisotopic (exact) mass is 216 g/mol. The molecular formula is C9H20N4O2. The molecule has 15 heavy (non-hydrogen) atoms. The van der Waals surface area contributed by atoms with Crippen molar-refractivity contribution < 1.29 is 9.47 Å². The number of nitrogens with zero attached hydrogens (tertiary/aromatic N) is 4. The van der Waals surface area contributed by atoms with E-state index >= 15 is 0 Å². The molecule has 6 nitrogen and oxygen atoms in total. The molecule has 6 heteroatoms. The zero-order chi connectivity index (χ0) is 11.5. The standard InChI is InChI=1S/C9H20N4O2/c1-9(8-15-3)13(6-7-14-2)5-4-11-12-10/h9H,4-8H2,1-3H3. The molecule has 88 valence electrons. The van der Waals surface area contributed by atoms with Gasteiger partial charge < -0.3 is 9.47 Å². The van der Waals surface area contributed by atoms with E-state index in [1.165, 1.54) is 0 Å². The Balaban J connectivity index is 3.97. The van der Waals surface area contributed by atoms with Crippen molar-refractivity contribution in [3.8, 4) is 0 Å². The minimum absolute atomic E-state index is 0.305. The molecule has 0 aliphatic carbocycles. The predicted octanol–water partition coefficient (Wildman–Crippen LogP) is 1.28. The molecule has 0 bridgehead atoms. The first kappa shape index (κ1) is 14.2. The summed E-state index contributed by atoms with van der Waals surface area (Å²) >= 11 is 0. The molecule has 0 saturated heterocycles. The molecule has 0 aromatic heterocycles. The van der Waals surface area contributed by atoms with Gasteiger partial charge in [-0.05, 0) is 12.5 Å². The maximum absolute atomic E-state index is 8.19. The molecule has 0 aromatic rings. The van der Waals surface area contributed by atoms with E-state index in [1.54, 1.807) is 14.2 Å². The molecule has 0 aromatic carbocycles. The summed E-state index contributed by atoms with van der Waals surface area (Å²) in [7, 11) is 3.35. The molecule has 1 atom stereocenters. The fourth-order valence-corrected chi connectivity index (χ4v) is 1.33. The highest BCUT2D eigenvalue weighted by atomic mass is 16.5. The lowest BCUT2D eigenvalue weighted by molar-refractivity contribution is 0.0771. The second-order valence-electron chi connectivity index (χ2n) is 3.29. The van der Waals surface area contributed by atoms with Crippen molar-refractivity contribution in [2.75, 3.05) is 47.1 Å². The minimum atomic E-state index is 0.305. The van der Waals surface area contributed by atoms with Crippen molar-refractivity contribution in [1.29, 1.82) is 0 Å². The van der Waals surface area contributed by atoms with Crippen molar-refractivity contribution in [2.45, 2.75) is 13.0 Å². The fraction of sp³-hybridized carbons (Fsp3) is 1.00. The molecule has 0 fully saturated rings. The molecule has 0 amide bonds. The van der Waals surface area contributed by atoms with Crippen LogP contribution in [0.15, 0.2) is 5.11 Å². The molecule has 0 aliphatic heterocycles. The van der Waals surface area contributed by atoms with Crippen molar-refractivity contribution in [3.63, 3.8) is 0 Å². The van der Waals surface area contributed by atoms with Crippen LogP contribution in [0, 0.1) is 0 Å². The zero-order valence-electron chi connectivity index (χ0n) is 9.72. The van der Waals surface area contributed by atoms with Crippen LogP contribution in [-0.4, -0.2) is 58.0 Å². The third-order valence-electron chi connectivity index (χ3n) is 2.16. The van der Waals surface area contributed by atoms with E-state index in [0.29, 0.717) is 25.8 Å². The third kappa shape index (κ3) is 7.16.